The molecule has 1 aromatic heterocycles. The average molecular weight is 220 g/mol. The van der Waals surface area contributed by atoms with Gasteiger partial charge in [0.25, 0.3) is 0 Å². The number of aliphatic hydroxyl groups is 1. The van der Waals surface area contributed by atoms with Gasteiger partial charge in [-0.3, -0.25) is 5.10 Å². The Morgan fingerprint density at radius 3 is 3.00 bits per heavy atom. The van der Waals surface area contributed by atoms with Crippen molar-refractivity contribution in [1.82, 2.24) is 10.2 Å². The third kappa shape index (κ3) is 2.02. The van der Waals surface area contributed by atoms with Crippen LogP contribution in [0.5, 0.6) is 0 Å². The van der Waals surface area contributed by atoms with Crippen molar-refractivity contribution in [2.75, 3.05) is 6.54 Å². The Balaban J connectivity index is 2.67. The summed E-state index contributed by atoms with van der Waals surface area (Å²) in [6.07, 6.45) is 1.60. The molecule has 0 saturated heterocycles. The molecule has 0 aromatic carbocycles. The Morgan fingerprint density at radius 2 is 2.55 bits per heavy atom. The molecule has 1 rings (SSSR count). The van der Waals surface area contributed by atoms with Crippen molar-refractivity contribution in [2.24, 2.45) is 5.73 Å². The maximum Gasteiger partial charge on any atom is 0.0977 e. The van der Waals surface area contributed by atoms with Gasteiger partial charge in [-0.15, -0.1) is 0 Å². The summed E-state index contributed by atoms with van der Waals surface area (Å²) < 4.78 is 0.790. The van der Waals surface area contributed by atoms with E-state index in [-0.39, 0.29) is 0 Å². The summed E-state index contributed by atoms with van der Waals surface area (Å²) in [6, 6.07) is 0. The highest BCUT2D eigenvalue weighted by Crippen LogP contribution is 2.21. The van der Waals surface area contributed by atoms with Crippen LogP contribution in [0.15, 0.2) is 10.7 Å². The third-order valence-electron chi connectivity index (χ3n) is 1.39. The first-order valence-electron chi connectivity index (χ1n) is 3.32. The molecule has 0 saturated carbocycles. The Bertz CT molecular complexity index is 225. The van der Waals surface area contributed by atoms with Crippen molar-refractivity contribution in [1.29, 1.82) is 0 Å². The molecule has 11 heavy (non-hydrogen) atoms. The lowest BCUT2D eigenvalue weighted by atomic mass is 10.2. The van der Waals surface area contributed by atoms with Gasteiger partial charge in [0.1, 0.15) is 0 Å². The summed E-state index contributed by atoms with van der Waals surface area (Å²) in [5.74, 6) is 0. The lowest BCUT2D eigenvalue weighted by Crippen LogP contribution is -2.07. The molecule has 1 heterocycles. The van der Waals surface area contributed by atoms with Crippen LogP contribution in [-0.4, -0.2) is 21.8 Å². The van der Waals surface area contributed by atoms with Gasteiger partial charge in [0, 0.05) is 0 Å². The molecule has 0 amide bonds. The van der Waals surface area contributed by atoms with E-state index in [1.807, 2.05) is 0 Å². The monoisotopic (exact) mass is 219 g/mol. The first-order chi connectivity index (χ1) is 5.25. The van der Waals surface area contributed by atoms with E-state index in [4.69, 9.17) is 5.73 Å². The second kappa shape index (κ2) is 3.85. The number of halogens is 1. The number of aliphatic hydroxyl groups excluding tert-OH is 1. The molecule has 0 radical (unpaired) electrons. The summed E-state index contributed by atoms with van der Waals surface area (Å²) in [5, 5.41) is 15.8. The highest BCUT2D eigenvalue weighted by Gasteiger charge is 2.11. The number of aromatic amines is 1. The number of nitrogens with two attached hydrogens (primary N) is 1. The molecule has 1 atom stereocenters. The van der Waals surface area contributed by atoms with E-state index in [1.54, 1.807) is 6.20 Å². The molecule has 62 valence electrons. The Hall–Kier alpha value is -0.390. The van der Waals surface area contributed by atoms with Gasteiger partial charge in [-0.2, -0.15) is 5.10 Å². The zero-order valence-electron chi connectivity index (χ0n) is 5.92. The van der Waals surface area contributed by atoms with Gasteiger partial charge in [0.2, 0.25) is 0 Å². The van der Waals surface area contributed by atoms with Crippen molar-refractivity contribution in [3.8, 4) is 0 Å². The van der Waals surface area contributed by atoms with Crippen LogP contribution in [0.25, 0.3) is 0 Å². The molecule has 0 aliphatic rings. The van der Waals surface area contributed by atoms with E-state index < -0.39 is 6.10 Å². The summed E-state index contributed by atoms with van der Waals surface area (Å²) in [4.78, 5) is 0. The summed E-state index contributed by atoms with van der Waals surface area (Å²) >= 11 is 3.24. The Labute approximate surface area is 72.9 Å². The third-order valence-corrected chi connectivity index (χ3v) is 2.03. The molecule has 0 unspecified atom stereocenters. The first kappa shape index (κ1) is 8.70. The van der Waals surface area contributed by atoms with E-state index in [0.717, 1.165) is 4.47 Å². The highest BCUT2D eigenvalue weighted by molar-refractivity contribution is 9.10. The Kier molecular flexibility index (Phi) is 3.04. The first-order valence-corrected chi connectivity index (χ1v) is 4.12. The van der Waals surface area contributed by atoms with Gasteiger partial charge in [-0.25, -0.2) is 0 Å². The number of H-pyrrole nitrogens is 1. The largest absolute Gasteiger partial charge is 0.387 e. The average Bonchev–Trinajstić information content (AvgIpc) is 2.36. The zero-order chi connectivity index (χ0) is 8.27. The standard InChI is InChI=1S/C6H10BrN3O/c7-4-3-9-10-6(4)5(11)1-2-8/h3,5,11H,1-2,8H2,(H,9,10)/t5-/m1/s1. The minimum Gasteiger partial charge on any atom is -0.387 e. The van der Waals surface area contributed by atoms with E-state index in [0.29, 0.717) is 18.7 Å². The fraction of sp³-hybridized carbons (Fsp3) is 0.500. The number of aromatic nitrogens is 2. The summed E-state index contributed by atoms with van der Waals surface area (Å²) in [5.41, 5.74) is 5.97. The smallest absolute Gasteiger partial charge is 0.0977 e. The van der Waals surface area contributed by atoms with E-state index in [1.165, 1.54) is 0 Å². The van der Waals surface area contributed by atoms with E-state index in [9.17, 15) is 5.11 Å². The number of nitrogens with zero attached hydrogens (tertiary/aromatic N) is 1. The van der Waals surface area contributed by atoms with Crippen LogP contribution in [0.1, 0.15) is 18.2 Å². The number of hydrogen-bond donors (Lipinski definition) is 3. The van der Waals surface area contributed by atoms with Crippen LogP contribution in [0.2, 0.25) is 0 Å². The van der Waals surface area contributed by atoms with Gasteiger partial charge < -0.3 is 10.8 Å². The lowest BCUT2D eigenvalue weighted by molar-refractivity contribution is 0.165. The van der Waals surface area contributed by atoms with Crippen LogP contribution >= 0.6 is 15.9 Å². The van der Waals surface area contributed by atoms with Gasteiger partial charge in [-0.05, 0) is 28.9 Å². The molecule has 0 aliphatic heterocycles. The minimum absolute atomic E-state index is 0.465. The van der Waals surface area contributed by atoms with Gasteiger partial charge in [-0.1, -0.05) is 0 Å². The second-order valence-electron chi connectivity index (χ2n) is 2.22. The van der Waals surface area contributed by atoms with Crippen LogP contribution in [0, 0.1) is 0 Å². The molecule has 0 fully saturated rings. The molecule has 0 aliphatic carbocycles. The van der Waals surface area contributed by atoms with Gasteiger partial charge in [0.05, 0.1) is 22.5 Å². The van der Waals surface area contributed by atoms with Gasteiger partial charge in [0.15, 0.2) is 0 Å². The molecule has 5 heteroatoms. The van der Waals surface area contributed by atoms with Crippen molar-refractivity contribution in [3.63, 3.8) is 0 Å². The molecule has 0 spiro atoms. The predicted octanol–water partition coefficient (Wildman–Crippen LogP) is 0.554. The fourth-order valence-corrected chi connectivity index (χ4v) is 1.27. The lowest BCUT2D eigenvalue weighted by Gasteiger charge is -2.05. The maximum absolute atomic E-state index is 9.41. The van der Waals surface area contributed by atoms with E-state index >= 15 is 0 Å². The zero-order valence-corrected chi connectivity index (χ0v) is 7.50. The fourth-order valence-electron chi connectivity index (χ4n) is 0.817. The molecule has 4 nitrogen and oxygen atoms in total. The van der Waals surface area contributed by atoms with E-state index in [2.05, 4.69) is 26.1 Å². The molecular formula is C6H10BrN3O. The van der Waals surface area contributed by atoms with Crippen LogP contribution in [-0.2, 0) is 0 Å². The number of hydrogen-bond acceptors (Lipinski definition) is 3. The van der Waals surface area contributed by atoms with Crippen LogP contribution in [0.4, 0.5) is 0 Å². The minimum atomic E-state index is -0.545. The molecule has 4 N–H and O–H groups in total. The molecule has 1 aromatic rings. The second-order valence-corrected chi connectivity index (χ2v) is 3.08. The van der Waals surface area contributed by atoms with Crippen molar-refractivity contribution in [3.05, 3.63) is 16.4 Å². The number of nitrogens with one attached hydrogen (secondary N) is 1. The Morgan fingerprint density at radius 1 is 1.82 bits per heavy atom. The summed E-state index contributed by atoms with van der Waals surface area (Å²) in [7, 11) is 0. The summed E-state index contributed by atoms with van der Waals surface area (Å²) in [6.45, 7) is 0.465. The van der Waals surface area contributed by atoms with Crippen LogP contribution in [0.3, 0.4) is 0 Å². The predicted molar refractivity (Wildman–Crippen MR) is 44.9 cm³/mol. The quantitative estimate of drug-likeness (QED) is 0.696. The van der Waals surface area contributed by atoms with Gasteiger partial charge >= 0.3 is 0 Å². The molecular weight excluding hydrogens is 210 g/mol. The SMILES string of the molecule is NCC[C@@H](O)c1[nH]ncc1Br. The number of rotatable bonds is 3. The normalized spacial score (nSPS) is 13.4. The van der Waals surface area contributed by atoms with Crippen molar-refractivity contribution >= 4 is 15.9 Å². The topological polar surface area (TPSA) is 74.9 Å². The van der Waals surface area contributed by atoms with Crippen molar-refractivity contribution in [2.45, 2.75) is 12.5 Å². The maximum atomic E-state index is 9.41. The van der Waals surface area contributed by atoms with Crippen LogP contribution < -0.4 is 5.73 Å². The van der Waals surface area contributed by atoms with Crippen molar-refractivity contribution < 1.29 is 5.11 Å². The highest BCUT2D eigenvalue weighted by atomic mass is 79.9. The molecule has 0 bridgehead atoms.